The Morgan fingerprint density at radius 3 is 2.32 bits per heavy atom. The normalized spacial score (nSPS) is 11.0. The molecule has 0 saturated heterocycles. The Kier molecular flexibility index (Phi) is 7.04. The molecule has 28 heavy (non-hydrogen) atoms. The molecule has 0 amide bonds. The van der Waals surface area contributed by atoms with Crippen molar-refractivity contribution in [1.82, 2.24) is 0 Å². The third-order valence-electron chi connectivity index (χ3n) is 3.84. The molecular weight excluding hydrogens is 406 g/mol. The molecule has 0 fully saturated rings. The van der Waals surface area contributed by atoms with Crippen LogP contribution in [0.1, 0.15) is 22.8 Å². The number of halogens is 1. The smallest absolute Gasteiger partial charge is 0.339 e. The van der Waals surface area contributed by atoms with Gasteiger partial charge in [-0.25, -0.2) is 13.2 Å². The SMILES string of the molecule is CCOC(=O)c1cc(N(CC(=O)OC)S(=O)(=O)c2ccc(C)cc2)ccc1Cl. The molecule has 0 saturated carbocycles. The van der Waals surface area contributed by atoms with Gasteiger partial charge < -0.3 is 9.47 Å². The first-order valence-electron chi connectivity index (χ1n) is 8.33. The fourth-order valence-corrected chi connectivity index (χ4v) is 3.96. The third kappa shape index (κ3) is 4.82. The first-order chi connectivity index (χ1) is 13.2. The highest BCUT2D eigenvalue weighted by molar-refractivity contribution is 7.92. The van der Waals surface area contributed by atoms with Crippen LogP contribution in [0.15, 0.2) is 47.4 Å². The van der Waals surface area contributed by atoms with E-state index in [1.54, 1.807) is 19.1 Å². The van der Waals surface area contributed by atoms with E-state index in [2.05, 4.69) is 4.74 Å². The summed E-state index contributed by atoms with van der Waals surface area (Å²) in [5, 5.41) is 0.105. The molecule has 0 atom stereocenters. The second-order valence-corrected chi connectivity index (χ2v) is 8.05. The van der Waals surface area contributed by atoms with Gasteiger partial charge in [-0.3, -0.25) is 9.10 Å². The zero-order valence-corrected chi connectivity index (χ0v) is 17.2. The summed E-state index contributed by atoms with van der Waals surface area (Å²) < 4.78 is 36.8. The van der Waals surface area contributed by atoms with Crippen LogP contribution >= 0.6 is 11.6 Å². The molecule has 0 unspecified atom stereocenters. The van der Waals surface area contributed by atoms with E-state index in [9.17, 15) is 18.0 Å². The Balaban J connectivity index is 2.58. The van der Waals surface area contributed by atoms with Gasteiger partial charge in [-0.05, 0) is 44.2 Å². The lowest BCUT2D eigenvalue weighted by molar-refractivity contribution is -0.138. The number of anilines is 1. The van der Waals surface area contributed by atoms with Gasteiger partial charge in [0.15, 0.2) is 0 Å². The van der Waals surface area contributed by atoms with Crippen LogP contribution < -0.4 is 4.31 Å². The van der Waals surface area contributed by atoms with Crippen molar-refractivity contribution >= 4 is 39.3 Å². The van der Waals surface area contributed by atoms with Gasteiger partial charge in [-0.1, -0.05) is 29.3 Å². The molecule has 0 spiro atoms. The molecule has 7 nitrogen and oxygen atoms in total. The molecule has 0 N–H and O–H groups in total. The van der Waals surface area contributed by atoms with Crippen LogP contribution in [-0.4, -0.2) is 40.6 Å². The zero-order chi connectivity index (χ0) is 20.9. The van der Waals surface area contributed by atoms with Crippen molar-refractivity contribution in [2.45, 2.75) is 18.7 Å². The number of esters is 2. The molecule has 2 aromatic carbocycles. The van der Waals surface area contributed by atoms with Crippen LogP contribution in [0.5, 0.6) is 0 Å². The second kappa shape index (κ2) is 9.07. The number of hydrogen-bond acceptors (Lipinski definition) is 6. The number of hydrogen-bond donors (Lipinski definition) is 0. The summed E-state index contributed by atoms with van der Waals surface area (Å²) in [5.74, 6) is -1.46. The van der Waals surface area contributed by atoms with E-state index in [4.69, 9.17) is 16.3 Å². The minimum atomic E-state index is -4.11. The van der Waals surface area contributed by atoms with Gasteiger partial charge in [-0.15, -0.1) is 0 Å². The van der Waals surface area contributed by atoms with Gasteiger partial charge in [0.05, 0.1) is 34.9 Å². The van der Waals surface area contributed by atoms with Crippen LogP contribution in [0.2, 0.25) is 5.02 Å². The van der Waals surface area contributed by atoms with E-state index in [0.717, 1.165) is 17.0 Å². The van der Waals surface area contributed by atoms with E-state index in [1.807, 2.05) is 6.92 Å². The average molecular weight is 426 g/mol. The monoisotopic (exact) mass is 425 g/mol. The zero-order valence-electron chi connectivity index (χ0n) is 15.6. The lowest BCUT2D eigenvalue weighted by Gasteiger charge is -2.24. The van der Waals surface area contributed by atoms with Gasteiger partial charge in [0.25, 0.3) is 10.0 Å². The summed E-state index contributed by atoms with van der Waals surface area (Å²) in [5.41, 5.74) is 0.961. The minimum Gasteiger partial charge on any atom is -0.468 e. The largest absolute Gasteiger partial charge is 0.468 e. The van der Waals surface area contributed by atoms with Crippen LogP contribution in [0.4, 0.5) is 5.69 Å². The number of sulfonamides is 1. The van der Waals surface area contributed by atoms with Crippen molar-refractivity contribution in [2.24, 2.45) is 0 Å². The third-order valence-corrected chi connectivity index (χ3v) is 5.96. The standard InChI is InChI=1S/C19H20ClNO6S/c1-4-27-19(23)16-11-14(7-10-17(16)20)21(12-18(22)26-3)28(24,25)15-8-5-13(2)6-9-15/h5-11H,4,12H2,1-3H3. The molecule has 2 rings (SSSR count). The van der Waals surface area contributed by atoms with Crippen molar-refractivity contribution in [2.75, 3.05) is 24.6 Å². The molecule has 9 heteroatoms. The van der Waals surface area contributed by atoms with E-state index in [-0.39, 0.29) is 27.8 Å². The summed E-state index contributed by atoms with van der Waals surface area (Å²) >= 11 is 6.05. The molecule has 2 aromatic rings. The van der Waals surface area contributed by atoms with E-state index in [0.29, 0.717) is 0 Å². The van der Waals surface area contributed by atoms with Crippen LogP contribution in [0.25, 0.3) is 0 Å². The fourth-order valence-electron chi connectivity index (χ4n) is 2.37. The molecule has 0 bridgehead atoms. The molecular formula is C19H20ClNO6S. The van der Waals surface area contributed by atoms with Crippen molar-refractivity contribution in [3.63, 3.8) is 0 Å². The van der Waals surface area contributed by atoms with E-state index in [1.165, 1.54) is 30.3 Å². The summed E-state index contributed by atoms with van der Waals surface area (Å²) in [7, 11) is -2.95. The van der Waals surface area contributed by atoms with E-state index < -0.39 is 28.5 Å². The van der Waals surface area contributed by atoms with Crippen molar-refractivity contribution in [3.05, 3.63) is 58.6 Å². The minimum absolute atomic E-state index is 0.00464. The number of rotatable bonds is 7. The predicted molar refractivity (Wildman–Crippen MR) is 105 cm³/mol. The number of methoxy groups -OCH3 is 1. The Hall–Kier alpha value is -2.58. The maximum absolute atomic E-state index is 13.2. The number of carbonyl (C=O) groups excluding carboxylic acids is 2. The van der Waals surface area contributed by atoms with Gasteiger partial charge >= 0.3 is 11.9 Å². The number of carbonyl (C=O) groups is 2. The van der Waals surface area contributed by atoms with Crippen molar-refractivity contribution < 1.29 is 27.5 Å². The number of nitrogens with zero attached hydrogens (tertiary/aromatic N) is 1. The quantitative estimate of drug-likeness (QED) is 0.633. The number of aryl methyl sites for hydroxylation is 1. The summed E-state index contributed by atoms with van der Waals surface area (Å²) in [6.45, 7) is 3.03. The number of benzene rings is 2. The molecule has 0 heterocycles. The Morgan fingerprint density at radius 2 is 1.75 bits per heavy atom. The van der Waals surface area contributed by atoms with Crippen LogP contribution in [0, 0.1) is 6.92 Å². The fraction of sp³-hybridized carbons (Fsp3) is 0.263. The maximum Gasteiger partial charge on any atom is 0.339 e. The van der Waals surface area contributed by atoms with Crippen LogP contribution in [0.3, 0.4) is 0 Å². The second-order valence-electron chi connectivity index (χ2n) is 5.79. The van der Waals surface area contributed by atoms with Gasteiger partial charge in [0.2, 0.25) is 0 Å². The predicted octanol–water partition coefficient (Wildman–Crippen LogP) is 3.19. The highest BCUT2D eigenvalue weighted by atomic mass is 35.5. The molecule has 0 aliphatic carbocycles. The summed E-state index contributed by atoms with van der Waals surface area (Å²) in [4.78, 5) is 24.0. The average Bonchev–Trinajstić information content (AvgIpc) is 2.66. The summed E-state index contributed by atoms with van der Waals surface area (Å²) in [6, 6.07) is 10.2. The Bertz CT molecular complexity index is 972. The first kappa shape index (κ1) is 21.7. The Labute approximate surface area is 168 Å². The molecule has 0 radical (unpaired) electrons. The summed E-state index contributed by atoms with van der Waals surface area (Å²) in [6.07, 6.45) is 0. The maximum atomic E-state index is 13.2. The molecule has 150 valence electrons. The first-order valence-corrected chi connectivity index (χ1v) is 10.2. The number of ether oxygens (including phenoxy) is 2. The highest BCUT2D eigenvalue weighted by Gasteiger charge is 2.28. The highest BCUT2D eigenvalue weighted by Crippen LogP contribution is 2.28. The Morgan fingerprint density at radius 1 is 1.11 bits per heavy atom. The van der Waals surface area contributed by atoms with Crippen LogP contribution in [-0.2, 0) is 24.3 Å². The lowest BCUT2D eigenvalue weighted by Crippen LogP contribution is -2.36. The molecule has 0 aliphatic rings. The van der Waals surface area contributed by atoms with Gasteiger partial charge in [0, 0.05) is 0 Å². The van der Waals surface area contributed by atoms with Crippen molar-refractivity contribution in [1.29, 1.82) is 0 Å². The molecule has 0 aromatic heterocycles. The van der Waals surface area contributed by atoms with E-state index >= 15 is 0 Å². The lowest BCUT2D eigenvalue weighted by atomic mass is 10.2. The van der Waals surface area contributed by atoms with Gasteiger partial charge in [0.1, 0.15) is 6.54 Å². The molecule has 0 aliphatic heterocycles. The van der Waals surface area contributed by atoms with Gasteiger partial charge in [-0.2, -0.15) is 0 Å². The van der Waals surface area contributed by atoms with Crippen molar-refractivity contribution in [3.8, 4) is 0 Å². The topological polar surface area (TPSA) is 90.0 Å².